The highest BCUT2D eigenvalue weighted by atomic mass is 16.2. The second-order valence-electron chi connectivity index (χ2n) is 8.80. The van der Waals surface area contributed by atoms with Gasteiger partial charge in [-0.05, 0) is 18.1 Å². The average molecular weight is 416 g/mol. The third kappa shape index (κ3) is 3.23. The molecule has 2 aromatic carbocycles. The maximum absolute atomic E-state index is 13.3. The molecule has 6 heteroatoms. The number of imidazole rings is 1. The second kappa shape index (κ2) is 7.38. The summed E-state index contributed by atoms with van der Waals surface area (Å²) < 4.78 is 3.69. The monoisotopic (exact) mass is 415 g/mol. The molecular weight excluding hydrogens is 388 g/mol. The molecule has 2 aliphatic heterocycles. The number of likely N-dealkylation sites (tertiary alicyclic amines) is 1. The maximum Gasteiger partial charge on any atom is 0.266 e. The molecule has 3 aromatic rings. The number of rotatable bonds is 5. The van der Waals surface area contributed by atoms with Crippen LogP contribution < -0.4 is 9.47 Å². The molecule has 2 unspecified atom stereocenters. The van der Waals surface area contributed by atoms with Gasteiger partial charge < -0.3 is 9.80 Å². The lowest BCUT2D eigenvalue weighted by molar-refractivity contribution is -0.682. The summed E-state index contributed by atoms with van der Waals surface area (Å²) >= 11 is 0. The Morgan fingerprint density at radius 1 is 1.10 bits per heavy atom. The number of carbonyl (C=O) groups is 2. The topological polar surface area (TPSA) is 49.4 Å². The van der Waals surface area contributed by atoms with E-state index in [-0.39, 0.29) is 36.4 Å². The van der Waals surface area contributed by atoms with Crippen molar-refractivity contribution in [3.05, 3.63) is 84.4 Å². The van der Waals surface area contributed by atoms with E-state index in [1.165, 1.54) is 11.3 Å². The SMILES string of the molecule is CN1c2ccccc2C2(C)CCN(C(=O)Cn3cc[n+](CC(=O)c4ccccc4)c3)C12. The number of nitrogens with zero attached hydrogens (tertiary/aromatic N) is 4. The summed E-state index contributed by atoms with van der Waals surface area (Å²) in [7, 11) is 2.08. The predicted molar refractivity (Wildman–Crippen MR) is 118 cm³/mol. The summed E-state index contributed by atoms with van der Waals surface area (Å²) in [5.41, 5.74) is 3.19. The molecule has 1 aromatic heterocycles. The van der Waals surface area contributed by atoms with Crippen molar-refractivity contribution in [3.63, 3.8) is 0 Å². The summed E-state index contributed by atoms with van der Waals surface area (Å²) in [6, 6.07) is 17.7. The van der Waals surface area contributed by atoms with E-state index < -0.39 is 0 Å². The van der Waals surface area contributed by atoms with Gasteiger partial charge >= 0.3 is 0 Å². The molecule has 31 heavy (non-hydrogen) atoms. The van der Waals surface area contributed by atoms with Crippen LogP contribution in [-0.4, -0.2) is 40.9 Å². The number of anilines is 1. The third-order valence-electron chi connectivity index (χ3n) is 6.81. The molecule has 6 nitrogen and oxygen atoms in total. The summed E-state index contributed by atoms with van der Waals surface area (Å²) in [5, 5.41) is 0. The molecule has 1 fully saturated rings. The summed E-state index contributed by atoms with van der Waals surface area (Å²) in [4.78, 5) is 30.0. The zero-order valence-electron chi connectivity index (χ0n) is 17.9. The van der Waals surface area contributed by atoms with Gasteiger partial charge in [-0.2, -0.15) is 0 Å². The number of aromatic nitrogens is 2. The third-order valence-corrected chi connectivity index (χ3v) is 6.81. The number of ketones is 1. The van der Waals surface area contributed by atoms with Gasteiger partial charge in [0.1, 0.15) is 18.6 Å². The average Bonchev–Trinajstić information content (AvgIpc) is 3.43. The second-order valence-corrected chi connectivity index (χ2v) is 8.80. The minimum absolute atomic E-state index is 0.0414. The van der Waals surface area contributed by atoms with Crippen molar-refractivity contribution in [2.24, 2.45) is 0 Å². The van der Waals surface area contributed by atoms with Gasteiger partial charge in [0.2, 0.25) is 12.1 Å². The highest BCUT2D eigenvalue weighted by Gasteiger charge is 2.54. The van der Waals surface area contributed by atoms with E-state index in [4.69, 9.17) is 0 Å². The minimum atomic E-state index is -0.0420. The minimum Gasteiger partial charge on any atom is -0.353 e. The molecule has 0 aliphatic carbocycles. The van der Waals surface area contributed by atoms with E-state index >= 15 is 0 Å². The molecule has 2 atom stereocenters. The lowest BCUT2D eigenvalue weighted by atomic mass is 9.81. The van der Waals surface area contributed by atoms with Gasteiger partial charge in [-0.25, -0.2) is 9.13 Å². The zero-order chi connectivity index (χ0) is 21.6. The molecule has 0 bridgehead atoms. The number of benzene rings is 2. The molecule has 0 N–H and O–H groups in total. The van der Waals surface area contributed by atoms with Crippen molar-refractivity contribution in [2.75, 3.05) is 18.5 Å². The molecule has 3 heterocycles. The lowest BCUT2D eigenvalue weighted by Gasteiger charge is -2.34. The fourth-order valence-electron chi connectivity index (χ4n) is 5.27. The van der Waals surface area contributed by atoms with Crippen LogP contribution in [0, 0.1) is 0 Å². The molecule has 158 valence electrons. The van der Waals surface area contributed by atoms with E-state index in [0.717, 1.165) is 13.0 Å². The Morgan fingerprint density at radius 2 is 1.84 bits per heavy atom. The first-order valence-electron chi connectivity index (χ1n) is 10.7. The number of carbonyl (C=O) groups excluding carboxylic acids is 2. The largest absolute Gasteiger partial charge is 0.353 e. The first-order valence-corrected chi connectivity index (χ1v) is 10.7. The summed E-state index contributed by atoms with van der Waals surface area (Å²) in [6.07, 6.45) is 6.54. The van der Waals surface area contributed by atoms with Crippen LogP contribution in [-0.2, 0) is 23.3 Å². The van der Waals surface area contributed by atoms with Crippen molar-refractivity contribution in [3.8, 4) is 0 Å². The Morgan fingerprint density at radius 3 is 2.65 bits per heavy atom. The molecule has 0 saturated carbocycles. The first-order chi connectivity index (χ1) is 15.0. The number of hydrogen-bond acceptors (Lipinski definition) is 3. The Bertz CT molecular complexity index is 1140. The molecule has 1 saturated heterocycles. The first kappa shape index (κ1) is 19.5. The Kier molecular flexibility index (Phi) is 4.65. The maximum atomic E-state index is 13.3. The number of likely N-dealkylation sites (N-methyl/N-ethyl adjacent to an activating group) is 1. The fourth-order valence-corrected chi connectivity index (χ4v) is 5.27. The van der Waals surface area contributed by atoms with Gasteiger partial charge in [0.15, 0.2) is 13.1 Å². The summed E-state index contributed by atoms with van der Waals surface area (Å²) in [5.74, 6) is 0.154. The number of para-hydroxylation sites is 1. The van der Waals surface area contributed by atoms with Crippen LogP contribution in [0.5, 0.6) is 0 Å². The smallest absolute Gasteiger partial charge is 0.266 e. The van der Waals surface area contributed by atoms with Gasteiger partial charge in [0.25, 0.3) is 5.91 Å². The number of amides is 1. The van der Waals surface area contributed by atoms with Crippen LogP contribution in [0.3, 0.4) is 0 Å². The number of fused-ring (bicyclic) bond motifs is 3. The molecular formula is C25H27N4O2+. The molecule has 1 amide bonds. The van der Waals surface area contributed by atoms with Crippen LogP contribution in [0.2, 0.25) is 0 Å². The van der Waals surface area contributed by atoms with Crippen LogP contribution in [0.4, 0.5) is 5.69 Å². The van der Waals surface area contributed by atoms with Gasteiger partial charge in [0.05, 0.1) is 0 Å². The van der Waals surface area contributed by atoms with Crippen molar-refractivity contribution in [1.29, 1.82) is 0 Å². The number of hydrogen-bond donors (Lipinski definition) is 0. The van der Waals surface area contributed by atoms with Crippen molar-refractivity contribution >= 4 is 17.4 Å². The van der Waals surface area contributed by atoms with E-state index in [9.17, 15) is 9.59 Å². The van der Waals surface area contributed by atoms with Gasteiger partial charge in [-0.3, -0.25) is 9.59 Å². The van der Waals surface area contributed by atoms with Gasteiger partial charge in [-0.15, -0.1) is 0 Å². The van der Waals surface area contributed by atoms with E-state index in [2.05, 4.69) is 43.1 Å². The Balaban J connectivity index is 1.28. The number of Topliss-reactive ketones (excluding diaryl/α,β-unsaturated/α-hetero) is 1. The van der Waals surface area contributed by atoms with Crippen LogP contribution >= 0.6 is 0 Å². The van der Waals surface area contributed by atoms with E-state index in [1.54, 1.807) is 0 Å². The quantitative estimate of drug-likeness (QED) is 0.476. The van der Waals surface area contributed by atoms with Crippen LogP contribution in [0.1, 0.15) is 29.3 Å². The lowest BCUT2D eigenvalue weighted by Crippen LogP contribution is -2.50. The van der Waals surface area contributed by atoms with Gasteiger partial charge in [0, 0.05) is 30.3 Å². The summed E-state index contributed by atoms with van der Waals surface area (Å²) in [6.45, 7) is 3.55. The van der Waals surface area contributed by atoms with E-state index in [0.29, 0.717) is 5.56 Å². The van der Waals surface area contributed by atoms with Gasteiger partial charge in [-0.1, -0.05) is 55.5 Å². The molecule has 0 radical (unpaired) electrons. The fraction of sp³-hybridized carbons (Fsp3) is 0.320. The molecule has 2 aliphatic rings. The zero-order valence-corrected chi connectivity index (χ0v) is 17.9. The standard InChI is InChI=1S/C25H27N4O2/c1-25-12-13-29(24(25)26(2)21-11-7-6-10-20(21)25)23(31)17-28-15-14-27(18-28)16-22(30)19-8-4-3-5-9-19/h3-11,14-15,18,24H,12-13,16-17H2,1-2H3/q+1. The van der Waals surface area contributed by atoms with Crippen molar-refractivity contribution < 1.29 is 14.2 Å². The normalized spacial score (nSPS) is 21.8. The van der Waals surface area contributed by atoms with Crippen LogP contribution in [0.25, 0.3) is 0 Å². The molecule has 5 rings (SSSR count). The highest BCUT2D eigenvalue weighted by molar-refractivity contribution is 5.94. The van der Waals surface area contributed by atoms with E-state index in [1.807, 2.05) is 63.1 Å². The Hall–Kier alpha value is -3.41. The highest BCUT2D eigenvalue weighted by Crippen LogP contribution is 2.51. The van der Waals surface area contributed by atoms with Crippen molar-refractivity contribution in [1.82, 2.24) is 9.47 Å². The van der Waals surface area contributed by atoms with Crippen molar-refractivity contribution in [2.45, 2.75) is 38.0 Å². The predicted octanol–water partition coefficient (Wildman–Crippen LogP) is 2.62. The van der Waals surface area contributed by atoms with Crippen LogP contribution in [0.15, 0.2) is 73.3 Å². The molecule has 0 spiro atoms. The Labute approximate surface area is 182 Å².